The van der Waals surface area contributed by atoms with Gasteiger partial charge >= 0.3 is 0 Å². The third-order valence-corrected chi connectivity index (χ3v) is 2.42. The highest BCUT2D eigenvalue weighted by molar-refractivity contribution is 5.50. The zero-order valence-electron chi connectivity index (χ0n) is 10.1. The summed E-state index contributed by atoms with van der Waals surface area (Å²) < 4.78 is 5.16. The number of aryl methyl sites for hydroxylation is 1. The number of anilines is 1. The van der Waals surface area contributed by atoms with E-state index in [0.29, 0.717) is 23.2 Å². The summed E-state index contributed by atoms with van der Waals surface area (Å²) in [6, 6.07) is 3.54. The number of rotatable bonds is 4. The van der Waals surface area contributed by atoms with E-state index in [4.69, 9.17) is 10.3 Å². The fourth-order valence-corrected chi connectivity index (χ4v) is 1.41. The van der Waals surface area contributed by atoms with Crippen LogP contribution in [0.5, 0.6) is 0 Å². The molecule has 0 aromatic carbocycles. The van der Waals surface area contributed by atoms with Crippen LogP contribution >= 0.6 is 0 Å². The summed E-state index contributed by atoms with van der Waals surface area (Å²) >= 11 is 0. The van der Waals surface area contributed by atoms with Gasteiger partial charge in [-0.3, -0.25) is 0 Å². The lowest BCUT2D eigenvalue weighted by Gasteiger charge is -1.98. The van der Waals surface area contributed by atoms with Crippen LogP contribution in [0.25, 0.3) is 11.6 Å². The van der Waals surface area contributed by atoms with Gasteiger partial charge in [0.1, 0.15) is 5.69 Å². The summed E-state index contributed by atoms with van der Waals surface area (Å²) in [6.07, 6.45) is 3.46. The molecule has 0 bridgehead atoms. The summed E-state index contributed by atoms with van der Waals surface area (Å²) in [6.45, 7) is 4.34. The van der Waals surface area contributed by atoms with E-state index in [9.17, 15) is 0 Å². The van der Waals surface area contributed by atoms with E-state index >= 15 is 0 Å². The number of hydrogen-bond acceptors (Lipinski definition) is 5. The van der Waals surface area contributed by atoms with Gasteiger partial charge in [0.2, 0.25) is 0 Å². The van der Waals surface area contributed by atoms with E-state index in [-0.39, 0.29) is 0 Å². The molecule has 0 aliphatic carbocycles. The maximum absolute atomic E-state index is 5.56. The lowest BCUT2D eigenvalue weighted by molar-refractivity contribution is 0.418. The third kappa shape index (κ3) is 3.03. The van der Waals surface area contributed by atoms with Crippen molar-refractivity contribution in [3.8, 4) is 11.6 Å². The first-order chi connectivity index (χ1) is 8.15. The molecule has 0 saturated heterocycles. The summed E-state index contributed by atoms with van der Waals surface area (Å²) in [7, 11) is 0. The number of aromatic nitrogens is 3. The van der Waals surface area contributed by atoms with E-state index in [1.807, 2.05) is 0 Å². The molecule has 2 N–H and O–H groups in total. The number of nitrogens with two attached hydrogens (primary N) is 1. The van der Waals surface area contributed by atoms with Gasteiger partial charge in [0.25, 0.3) is 5.89 Å². The molecule has 2 rings (SSSR count). The van der Waals surface area contributed by atoms with Crippen molar-refractivity contribution in [1.82, 2.24) is 15.1 Å². The maximum Gasteiger partial charge on any atom is 0.276 e. The number of nitrogen functional groups attached to an aromatic ring is 1. The Kier molecular flexibility index (Phi) is 3.37. The first kappa shape index (κ1) is 11.6. The molecule has 2 aromatic heterocycles. The molecule has 0 fully saturated rings. The molecular weight excluding hydrogens is 216 g/mol. The fourth-order valence-electron chi connectivity index (χ4n) is 1.41. The lowest BCUT2D eigenvalue weighted by Crippen LogP contribution is -1.94. The minimum atomic E-state index is 0.448. The largest absolute Gasteiger partial charge is 0.397 e. The Balaban J connectivity index is 2.10. The van der Waals surface area contributed by atoms with Crippen molar-refractivity contribution in [3.63, 3.8) is 0 Å². The third-order valence-electron chi connectivity index (χ3n) is 2.42. The standard InChI is InChI=1S/C12H16N4O/c1-8(2)3-6-11-15-12(17-16-11)10-5-4-9(13)7-14-10/h4-5,7-8H,3,6,13H2,1-2H3. The summed E-state index contributed by atoms with van der Waals surface area (Å²) in [4.78, 5) is 8.44. The normalized spacial score (nSPS) is 11.0. The minimum Gasteiger partial charge on any atom is -0.397 e. The first-order valence-electron chi connectivity index (χ1n) is 5.69. The Labute approximate surface area is 100 Å². The first-order valence-corrected chi connectivity index (χ1v) is 5.69. The monoisotopic (exact) mass is 232 g/mol. The fraction of sp³-hybridized carbons (Fsp3) is 0.417. The SMILES string of the molecule is CC(C)CCc1noc(-c2ccc(N)cn2)n1. The van der Waals surface area contributed by atoms with Crippen LogP contribution in [0.4, 0.5) is 5.69 Å². The number of nitrogens with zero attached hydrogens (tertiary/aromatic N) is 3. The zero-order chi connectivity index (χ0) is 12.3. The summed E-state index contributed by atoms with van der Waals surface area (Å²) in [5.74, 6) is 1.81. The molecule has 0 saturated carbocycles. The second-order valence-electron chi connectivity index (χ2n) is 4.43. The van der Waals surface area contributed by atoms with Gasteiger partial charge in [0, 0.05) is 6.42 Å². The summed E-state index contributed by atoms with van der Waals surface area (Å²) in [5, 5.41) is 3.93. The molecule has 0 amide bonds. The Hall–Kier alpha value is -1.91. The smallest absolute Gasteiger partial charge is 0.276 e. The van der Waals surface area contributed by atoms with E-state index in [0.717, 1.165) is 18.7 Å². The van der Waals surface area contributed by atoms with Gasteiger partial charge in [-0.15, -0.1) is 0 Å². The van der Waals surface area contributed by atoms with Crippen molar-refractivity contribution in [2.75, 3.05) is 5.73 Å². The summed E-state index contributed by atoms with van der Waals surface area (Å²) in [5.41, 5.74) is 6.84. The second kappa shape index (κ2) is 4.95. The number of pyridine rings is 1. The van der Waals surface area contributed by atoms with Gasteiger partial charge in [-0.2, -0.15) is 4.98 Å². The minimum absolute atomic E-state index is 0.448. The van der Waals surface area contributed by atoms with Crippen LogP contribution in [-0.4, -0.2) is 15.1 Å². The average Bonchev–Trinajstić information content (AvgIpc) is 2.76. The van der Waals surface area contributed by atoms with Crippen molar-refractivity contribution in [1.29, 1.82) is 0 Å². The number of hydrogen-bond donors (Lipinski definition) is 1. The molecule has 0 radical (unpaired) electrons. The van der Waals surface area contributed by atoms with Crippen LogP contribution < -0.4 is 5.73 Å². The predicted octanol–water partition coefficient (Wildman–Crippen LogP) is 2.30. The molecule has 0 aliphatic heterocycles. The highest BCUT2D eigenvalue weighted by atomic mass is 16.5. The highest BCUT2D eigenvalue weighted by Crippen LogP contribution is 2.16. The van der Waals surface area contributed by atoms with Crippen molar-refractivity contribution in [2.24, 2.45) is 5.92 Å². The predicted molar refractivity (Wildman–Crippen MR) is 65.1 cm³/mol. The van der Waals surface area contributed by atoms with Crippen LogP contribution in [-0.2, 0) is 6.42 Å². The van der Waals surface area contributed by atoms with Crippen molar-refractivity contribution >= 4 is 5.69 Å². The Bertz CT molecular complexity index is 476. The van der Waals surface area contributed by atoms with E-state index in [1.165, 1.54) is 0 Å². The molecule has 17 heavy (non-hydrogen) atoms. The van der Waals surface area contributed by atoms with Gasteiger partial charge < -0.3 is 10.3 Å². The van der Waals surface area contributed by atoms with E-state index < -0.39 is 0 Å². The van der Waals surface area contributed by atoms with Gasteiger partial charge in [-0.1, -0.05) is 19.0 Å². The topological polar surface area (TPSA) is 77.8 Å². The Morgan fingerprint density at radius 3 is 2.82 bits per heavy atom. The Morgan fingerprint density at radius 2 is 2.18 bits per heavy atom. The molecule has 0 unspecified atom stereocenters. The van der Waals surface area contributed by atoms with Crippen LogP contribution in [0.3, 0.4) is 0 Å². The molecule has 0 atom stereocenters. The van der Waals surface area contributed by atoms with Gasteiger partial charge in [0.05, 0.1) is 11.9 Å². The van der Waals surface area contributed by atoms with Crippen LogP contribution in [0.1, 0.15) is 26.1 Å². The molecule has 90 valence electrons. The van der Waals surface area contributed by atoms with E-state index in [2.05, 4.69) is 29.0 Å². The quantitative estimate of drug-likeness (QED) is 0.875. The molecule has 2 aromatic rings. The zero-order valence-corrected chi connectivity index (χ0v) is 10.1. The van der Waals surface area contributed by atoms with E-state index in [1.54, 1.807) is 18.3 Å². The van der Waals surface area contributed by atoms with Gasteiger partial charge in [0.15, 0.2) is 5.82 Å². The average molecular weight is 232 g/mol. The van der Waals surface area contributed by atoms with Gasteiger partial charge in [-0.05, 0) is 24.5 Å². The van der Waals surface area contributed by atoms with Gasteiger partial charge in [-0.25, -0.2) is 4.98 Å². The molecule has 5 nitrogen and oxygen atoms in total. The van der Waals surface area contributed by atoms with Crippen molar-refractivity contribution < 1.29 is 4.52 Å². The molecule has 2 heterocycles. The molecule has 0 spiro atoms. The van der Waals surface area contributed by atoms with Crippen LogP contribution in [0, 0.1) is 5.92 Å². The molecule has 0 aliphatic rings. The maximum atomic E-state index is 5.56. The highest BCUT2D eigenvalue weighted by Gasteiger charge is 2.10. The molecular formula is C12H16N4O. The van der Waals surface area contributed by atoms with Crippen LogP contribution in [0.2, 0.25) is 0 Å². The van der Waals surface area contributed by atoms with Crippen molar-refractivity contribution in [2.45, 2.75) is 26.7 Å². The Morgan fingerprint density at radius 1 is 1.35 bits per heavy atom. The lowest BCUT2D eigenvalue weighted by atomic mass is 10.1. The molecule has 5 heteroatoms. The second-order valence-corrected chi connectivity index (χ2v) is 4.43. The van der Waals surface area contributed by atoms with Crippen molar-refractivity contribution in [3.05, 3.63) is 24.2 Å². The van der Waals surface area contributed by atoms with Crippen LogP contribution in [0.15, 0.2) is 22.9 Å².